The number of halogens is 3. The van der Waals surface area contributed by atoms with Gasteiger partial charge in [-0.25, -0.2) is 0 Å². The van der Waals surface area contributed by atoms with Crippen LogP contribution in [0, 0.1) is 0 Å². The summed E-state index contributed by atoms with van der Waals surface area (Å²) in [7, 11) is 0. The van der Waals surface area contributed by atoms with E-state index in [0.29, 0.717) is 0 Å². The molecule has 0 fully saturated rings. The molecule has 0 unspecified atom stereocenters. The van der Waals surface area contributed by atoms with E-state index in [-0.39, 0.29) is 17.4 Å². The van der Waals surface area contributed by atoms with Crippen molar-refractivity contribution in [3.05, 3.63) is 42.0 Å². The SMILES string of the molecule is Nc1ccc(Oc2ccc(C(F)(F)F)cc2)nn1. The Balaban J connectivity index is 2.13. The van der Waals surface area contributed by atoms with E-state index in [0.717, 1.165) is 12.1 Å². The van der Waals surface area contributed by atoms with Crippen LogP contribution in [0.3, 0.4) is 0 Å². The van der Waals surface area contributed by atoms with Gasteiger partial charge in [-0.15, -0.1) is 10.2 Å². The molecule has 0 aliphatic carbocycles. The Kier molecular flexibility index (Phi) is 3.05. The quantitative estimate of drug-likeness (QED) is 0.896. The number of ether oxygens (including phenoxy) is 1. The highest BCUT2D eigenvalue weighted by molar-refractivity contribution is 5.33. The lowest BCUT2D eigenvalue weighted by atomic mass is 10.2. The number of nitrogens with two attached hydrogens (primary N) is 1. The molecule has 1 aromatic heterocycles. The molecule has 0 amide bonds. The number of nitrogen functional groups attached to an aromatic ring is 1. The highest BCUT2D eigenvalue weighted by atomic mass is 19.4. The number of nitrogens with zero attached hydrogens (tertiary/aromatic N) is 2. The van der Waals surface area contributed by atoms with Gasteiger partial charge in [0, 0.05) is 6.07 Å². The monoisotopic (exact) mass is 255 g/mol. The van der Waals surface area contributed by atoms with Crippen molar-refractivity contribution in [3.63, 3.8) is 0 Å². The summed E-state index contributed by atoms with van der Waals surface area (Å²) in [5.41, 5.74) is 4.60. The summed E-state index contributed by atoms with van der Waals surface area (Å²) in [6.45, 7) is 0. The van der Waals surface area contributed by atoms with Gasteiger partial charge in [0.1, 0.15) is 11.6 Å². The summed E-state index contributed by atoms with van der Waals surface area (Å²) in [5.74, 6) is 0.626. The molecule has 0 saturated carbocycles. The van der Waals surface area contributed by atoms with Crippen LogP contribution in [-0.4, -0.2) is 10.2 Å². The minimum Gasteiger partial charge on any atom is -0.438 e. The first kappa shape index (κ1) is 12.2. The van der Waals surface area contributed by atoms with Crippen molar-refractivity contribution in [2.45, 2.75) is 6.18 Å². The van der Waals surface area contributed by atoms with Crippen molar-refractivity contribution < 1.29 is 17.9 Å². The van der Waals surface area contributed by atoms with Gasteiger partial charge in [0.25, 0.3) is 0 Å². The van der Waals surface area contributed by atoms with E-state index >= 15 is 0 Å². The van der Waals surface area contributed by atoms with Crippen LogP contribution in [0.15, 0.2) is 36.4 Å². The van der Waals surface area contributed by atoms with Crippen LogP contribution in [0.5, 0.6) is 11.6 Å². The predicted octanol–water partition coefficient (Wildman–Crippen LogP) is 2.87. The van der Waals surface area contributed by atoms with Crippen LogP contribution in [0.1, 0.15) is 5.56 Å². The molecule has 4 nitrogen and oxygen atoms in total. The van der Waals surface area contributed by atoms with Gasteiger partial charge in [0.2, 0.25) is 5.88 Å². The summed E-state index contributed by atoms with van der Waals surface area (Å²) in [6, 6.07) is 7.23. The van der Waals surface area contributed by atoms with Crippen LogP contribution in [0.25, 0.3) is 0 Å². The maximum Gasteiger partial charge on any atom is 0.416 e. The molecular formula is C11H8F3N3O. The van der Waals surface area contributed by atoms with Gasteiger partial charge >= 0.3 is 6.18 Å². The second-order valence-corrected chi connectivity index (χ2v) is 3.42. The second-order valence-electron chi connectivity index (χ2n) is 3.42. The molecule has 2 aromatic rings. The third-order valence-electron chi connectivity index (χ3n) is 2.06. The van der Waals surface area contributed by atoms with E-state index < -0.39 is 11.7 Å². The number of benzene rings is 1. The molecule has 1 heterocycles. The van der Waals surface area contributed by atoms with Crippen molar-refractivity contribution in [2.24, 2.45) is 0 Å². The molecule has 0 spiro atoms. The summed E-state index contributed by atoms with van der Waals surface area (Å²) in [6.07, 6.45) is -4.36. The summed E-state index contributed by atoms with van der Waals surface area (Å²) in [5, 5.41) is 7.18. The summed E-state index contributed by atoms with van der Waals surface area (Å²) < 4.78 is 42.1. The zero-order chi connectivity index (χ0) is 13.2. The van der Waals surface area contributed by atoms with Gasteiger partial charge in [0.05, 0.1) is 5.56 Å². The van der Waals surface area contributed by atoms with Gasteiger partial charge in [-0.2, -0.15) is 13.2 Å². The van der Waals surface area contributed by atoms with Gasteiger partial charge in [-0.05, 0) is 30.3 Å². The van der Waals surface area contributed by atoms with Gasteiger partial charge in [-0.3, -0.25) is 0 Å². The fourth-order valence-corrected chi connectivity index (χ4v) is 1.22. The first-order valence-corrected chi connectivity index (χ1v) is 4.89. The Morgan fingerprint density at radius 1 is 0.944 bits per heavy atom. The minimum atomic E-state index is -4.36. The topological polar surface area (TPSA) is 61.0 Å². The molecule has 0 bridgehead atoms. The average Bonchev–Trinajstić information content (AvgIpc) is 2.32. The third-order valence-corrected chi connectivity index (χ3v) is 2.06. The van der Waals surface area contributed by atoms with E-state index in [2.05, 4.69) is 10.2 Å². The van der Waals surface area contributed by atoms with Crippen molar-refractivity contribution >= 4 is 5.82 Å². The van der Waals surface area contributed by atoms with E-state index in [1.54, 1.807) is 0 Å². The molecule has 0 aliphatic rings. The normalized spacial score (nSPS) is 11.3. The Bertz CT molecular complexity index is 523. The Hall–Kier alpha value is -2.31. The van der Waals surface area contributed by atoms with Crippen molar-refractivity contribution in [2.75, 3.05) is 5.73 Å². The zero-order valence-corrected chi connectivity index (χ0v) is 8.98. The van der Waals surface area contributed by atoms with E-state index in [4.69, 9.17) is 10.5 Å². The number of alkyl halides is 3. The molecule has 0 aliphatic heterocycles. The standard InChI is InChI=1S/C11H8F3N3O/c12-11(13,14)7-1-3-8(4-2-7)18-10-6-5-9(15)16-17-10/h1-6H,(H2,15,16). The maximum atomic E-state index is 12.3. The lowest BCUT2D eigenvalue weighted by molar-refractivity contribution is -0.137. The van der Waals surface area contributed by atoms with Crippen LogP contribution in [0.2, 0.25) is 0 Å². The van der Waals surface area contributed by atoms with Gasteiger partial charge in [0.15, 0.2) is 0 Å². The Morgan fingerprint density at radius 3 is 2.11 bits per heavy atom. The average molecular weight is 255 g/mol. The molecule has 1 aromatic carbocycles. The molecule has 18 heavy (non-hydrogen) atoms. The molecule has 94 valence electrons. The number of hydrogen-bond acceptors (Lipinski definition) is 4. The van der Waals surface area contributed by atoms with Crippen molar-refractivity contribution in [1.82, 2.24) is 10.2 Å². The van der Waals surface area contributed by atoms with Crippen molar-refractivity contribution in [1.29, 1.82) is 0 Å². The lowest BCUT2D eigenvalue weighted by Crippen LogP contribution is -2.04. The zero-order valence-electron chi connectivity index (χ0n) is 8.98. The summed E-state index contributed by atoms with van der Waals surface area (Å²) >= 11 is 0. The molecule has 2 rings (SSSR count). The molecule has 0 saturated heterocycles. The second kappa shape index (κ2) is 4.52. The van der Waals surface area contributed by atoms with Crippen LogP contribution in [0.4, 0.5) is 19.0 Å². The first-order chi connectivity index (χ1) is 8.45. The smallest absolute Gasteiger partial charge is 0.416 e. The molecule has 0 radical (unpaired) electrons. The van der Waals surface area contributed by atoms with Gasteiger partial charge < -0.3 is 10.5 Å². The largest absolute Gasteiger partial charge is 0.438 e. The fourth-order valence-electron chi connectivity index (χ4n) is 1.22. The molecule has 2 N–H and O–H groups in total. The highest BCUT2D eigenvalue weighted by Crippen LogP contribution is 2.31. The van der Waals surface area contributed by atoms with E-state index in [1.807, 2.05) is 0 Å². The Labute approximate surface area is 100 Å². The predicted molar refractivity (Wildman–Crippen MR) is 58.0 cm³/mol. The first-order valence-electron chi connectivity index (χ1n) is 4.89. The molecule has 0 atom stereocenters. The number of hydrogen-bond donors (Lipinski definition) is 1. The number of rotatable bonds is 2. The van der Waals surface area contributed by atoms with Crippen LogP contribution >= 0.6 is 0 Å². The number of anilines is 1. The number of aromatic nitrogens is 2. The Morgan fingerprint density at radius 2 is 1.61 bits per heavy atom. The minimum absolute atomic E-state index is 0.156. The lowest BCUT2D eigenvalue weighted by Gasteiger charge is -2.08. The van der Waals surface area contributed by atoms with Crippen molar-refractivity contribution in [3.8, 4) is 11.6 Å². The summed E-state index contributed by atoms with van der Waals surface area (Å²) in [4.78, 5) is 0. The molecule has 7 heteroatoms. The van der Waals surface area contributed by atoms with Gasteiger partial charge in [-0.1, -0.05) is 0 Å². The van der Waals surface area contributed by atoms with Crippen LogP contribution in [-0.2, 0) is 6.18 Å². The maximum absolute atomic E-state index is 12.3. The van der Waals surface area contributed by atoms with E-state index in [1.165, 1.54) is 24.3 Å². The van der Waals surface area contributed by atoms with E-state index in [9.17, 15) is 13.2 Å². The highest BCUT2D eigenvalue weighted by Gasteiger charge is 2.30. The van der Waals surface area contributed by atoms with Crippen LogP contribution < -0.4 is 10.5 Å². The molecular weight excluding hydrogens is 247 g/mol. The third kappa shape index (κ3) is 2.88. The fraction of sp³-hybridized carbons (Fsp3) is 0.0909.